The van der Waals surface area contributed by atoms with E-state index in [2.05, 4.69) is 271 Å². The van der Waals surface area contributed by atoms with Gasteiger partial charge in [0.25, 0.3) is 0 Å². The summed E-state index contributed by atoms with van der Waals surface area (Å²) in [6.07, 6.45) is 0. The van der Waals surface area contributed by atoms with Crippen LogP contribution in [-0.4, -0.2) is 0 Å². The molecule has 3 heteroatoms. The molecule has 0 saturated heterocycles. The number of hydrogen-bond donors (Lipinski definition) is 0. The van der Waals surface area contributed by atoms with Gasteiger partial charge in [0.05, 0.1) is 0 Å². The first-order valence-electron chi connectivity index (χ1n) is 27.5. The SMILES string of the molecule is CC1(C)c2cc(N(c3cccc(-c4ccccc4)c3)c3ccc4c(c3)C(C)(C)c3c5c(c6c(oc7ccccc76)c3-4)-c3ccccc3C5(C)C)ccc2-c2c1cc(-c1ccc(-c3ccccc3)cc1)c1oc3ccccc3c21. The van der Waals surface area contributed by atoms with Crippen molar-refractivity contribution in [2.24, 2.45) is 0 Å². The fourth-order valence-electron chi connectivity index (χ4n) is 14.5. The zero-order valence-electron chi connectivity index (χ0n) is 44.6. The number of rotatable bonds is 6. The van der Waals surface area contributed by atoms with Crippen molar-refractivity contribution in [1.29, 1.82) is 0 Å². The van der Waals surface area contributed by atoms with Crippen LogP contribution >= 0.6 is 0 Å². The lowest BCUT2D eigenvalue weighted by Gasteiger charge is -2.32. The molecule has 11 aromatic carbocycles. The van der Waals surface area contributed by atoms with Crippen molar-refractivity contribution >= 4 is 60.9 Å². The van der Waals surface area contributed by atoms with E-state index in [9.17, 15) is 0 Å². The maximum Gasteiger partial charge on any atom is 0.144 e. The minimum absolute atomic E-state index is 0.231. The van der Waals surface area contributed by atoms with Crippen LogP contribution in [0.25, 0.3) is 111 Å². The Hall–Kier alpha value is -9.18. The molecule has 3 nitrogen and oxygen atoms in total. The van der Waals surface area contributed by atoms with Gasteiger partial charge in [-0.2, -0.15) is 0 Å². The Morgan fingerprint density at radius 3 is 1.45 bits per heavy atom. The maximum absolute atomic E-state index is 7.10. The number of nitrogens with zero attached hydrogens (tertiary/aromatic N) is 1. The third-order valence-electron chi connectivity index (χ3n) is 18.2. The Morgan fingerprint density at radius 1 is 0.295 bits per heavy atom. The largest absolute Gasteiger partial charge is 0.455 e. The fourth-order valence-corrected chi connectivity index (χ4v) is 14.5. The van der Waals surface area contributed by atoms with E-state index in [1.54, 1.807) is 0 Å². The van der Waals surface area contributed by atoms with Crippen molar-refractivity contribution in [3.8, 4) is 66.8 Å². The zero-order chi connectivity index (χ0) is 52.4. The second-order valence-corrected chi connectivity index (χ2v) is 23.5. The summed E-state index contributed by atoms with van der Waals surface area (Å²) >= 11 is 0. The summed E-state index contributed by atoms with van der Waals surface area (Å²) in [7, 11) is 0. The lowest BCUT2D eigenvalue weighted by atomic mass is 9.72. The summed E-state index contributed by atoms with van der Waals surface area (Å²) in [6.45, 7) is 14.5. The molecular weight excluding hydrogens is 947 g/mol. The van der Waals surface area contributed by atoms with E-state index in [0.717, 1.165) is 55.9 Å². The molecule has 0 radical (unpaired) electrons. The monoisotopic (exact) mass is 1000 g/mol. The van der Waals surface area contributed by atoms with Gasteiger partial charge in [-0.3, -0.25) is 0 Å². The summed E-state index contributed by atoms with van der Waals surface area (Å²) in [5.74, 6) is 0. The molecule has 0 bridgehead atoms. The van der Waals surface area contributed by atoms with E-state index in [1.807, 2.05) is 0 Å². The van der Waals surface area contributed by atoms with E-state index in [4.69, 9.17) is 8.83 Å². The highest BCUT2D eigenvalue weighted by Gasteiger charge is 2.49. The molecular formula is C75H55NO2. The highest BCUT2D eigenvalue weighted by Crippen LogP contribution is 2.64. The summed E-state index contributed by atoms with van der Waals surface area (Å²) in [5.41, 5.74) is 28.8. The molecule has 78 heavy (non-hydrogen) atoms. The number of fused-ring (bicyclic) bond motifs is 19. The Bertz CT molecular complexity index is 4680. The van der Waals surface area contributed by atoms with Gasteiger partial charge in [-0.15, -0.1) is 0 Å². The van der Waals surface area contributed by atoms with E-state index in [1.165, 1.54) is 105 Å². The van der Waals surface area contributed by atoms with Gasteiger partial charge in [-0.05, 0) is 144 Å². The van der Waals surface area contributed by atoms with E-state index in [-0.39, 0.29) is 16.2 Å². The smallest absolute Gasteiger partial charge is 0.144 e. The number of anilines is 3. The normalized spacial score (nSPS) is 14.8. The number of benzene rings is 11. The predicted molar refractivity (Wildman–Crippen MR) is 325 cm³/mol. The molecule has 0 aliphatic heterocycles. The molecule has 0 amide bonds. The Morgan fingerprint density at radius 2 is 0.769 bits per heavy atom. The van der Waals surface area contributed by atoms with Gasteiger partial charge < -0.3 is 13.7 Å². The van der Waals surface area contributed by atoms with Crippen LogP contribution in [0.15, 0.2) is 233 Å². The van der Waals surface area contributed by atoms with Crippen molar-refractivity contribution in [1.82, 2.24) is 0 Å². The average molecular weight is 1000 g/mol. The van der Waals surface area contributed by atoms with E-state index < -0.39 is 0 Å². The van der Waals surface area contributed by atoms with Crippen molar-refractivity contribution < 1.29 is 8.83 Å². The van der Waals surface area contributed by atoms with Crippen molar-refractivity contribution in [3.63, 3.8) is 0 Å². The molecule has 2 heterocycles. The molecule has 3 aliphatic rings. The molecule has 2 aromatic heterocycles. The molecule has 0 fully saturated rings. The number of para-hydroxylation sites is 2. The summed E-state index contributed by atoms with van der Waals surface area (Å²) < 4.78 is 14.0. The van der Waals surface area contributed by atoms with Crippen LogP contribution in [0.4, 0.5) is 17.1 Å². The van der Waals surface area contributed by atoms with Crippen LogP contribution in [0.3, 0.4) is 0 Å². The highest BCUT2D eigenvalue weighted by atomic mass is 16.3. The lowest BCUT2D eigenvalue weighted by Crippen LogP contribution is -2.24. The molecule has 372 valence electrons. The average Bonchev–Trinajstić information content (AvgIpc) is 2.85. The zero-order valence-corrected chi connectivity index (χ0v) is 44.6. The first kappa shape index (κ1) is 45.1. The van der Waals surface area contributed by atoms with Crippen LogP contribution in [-0.2, 0) is 16.2 Å². The van der Waals surface area contributed by atoms with Crippen LogP contribution < -0.4 is 4.90 Å². The molecule has 0 saturated carbocycles. The molecule has 3 aliphatic carbocycles. The quantitative estimate of drug-likeness (QED) is 0.166. The van der Waals surface area contributed by atoms with Gasteiger partial charge >= 0.3 is 0 Å². The van der Waals surface area contributed by atoms with E-state index in [0.29, 0.717) is 0 Å². The van der Waals surface area contributed by atoms with Crippen LogP contribution in [0.2, 0.25) is 0 Å². The third kappa shape index (κ3) is 6.10. The van der Waals surface area contributed by atoms with Gasteiger partial charge in [0.15, 0.2) is 0 Å². The van der Waals surface area contributed by atoms with E-state index >= 15 is 0 Å². The van der Waals surface area contributed by atoms with Gasteiger partial charge in [0.2, 0.25) is 0 Å². The first-order valence-corrected chi connectivity index (χ1v) is 27.5. The topological polar surface area (TPSA) is 29.5 Å². The molecule has 0 atom stereocenters. The second kappa shape index (κ2) is 15.9. The highest BCUT2D eigenvalue weighted by molar-refractivity contribution is 6.21. The fraction of sp³-hybridized carbons (Fsp3) is 0.120. The van der Waals surface area contributed by atoms with Crippen LogP contribution in [0.5, 0.6) is 0 Å². The van der Waals surface area contributed by atoms with Crippen LogP contribution in [0, 0.1) is 0 Å². The van der Waals surface area contributed by atoms with Crippen molar-refractivity contribution in [2.75, 3.05) is 4.90 Å². The van der Waals surface area contributed by atoms with Crippen LogP contribution in [0.1, 0.15) is 74.9 Å². The summed E-state index contributed by atoms with van der Waals surface area (Å²) in [4.78, 5) is 2.49. The van der Waals surface area contributed by atoms with Gasteiger partial charge in [-0.1, -0.05) is 211 Å². The minimum Gasteiger partial charge on any atom is -0.455 e. The van der Waals surface area contributed by atoms with Crippen molar-refractivity contribution in [2.45, 2.75) is 57.8 Å². The standard InChI is InChI=1S/C75H55NO2/c1-73(2)59-41-50(36-38-53(59)64-61(73)43-57(71-66(64)55-27-14-17-30-62(55)77-71)47-34-32-46(33-35-47)44-20-9-7-10-21-44)76(49-25-19-24-48(40-49)45-22-11-8-12-23-45)51-37-39-54-60(42-51)75(5,6)70-68(54)72-67(56-28-15-18-31-63(56)78-72)65-52-26-13-16-29-58(52)74(3,4)69(65)70/h7-43H,1-6H3. The van der Waals surface area contributed by atoms with Gasteiger partial charge in [-0.25, -0.2) is 0 Å². The lowest BCUT2D eigenvalue weighted by molar-refractivity contribution is 0.600. The molecule has 13 aromatic rings. The number of hydrogen-bond acceptors (Lipinski definition) is 3. The maximum atomic E-state index is 7.10. The van der Waals surface area contributed by atoms with Crippen molar-refractivity contribution in [3.05, 3.63) is 258 Å². The Labute approximate surface area is 454 Å². The molecule has 16 rings (SSSR count). The summed E-state index contributed by atoms with van der Waals surface area (Å²) in [5, 5.41) is 4.70. The molecule has 0 spiro atoms. The Balaban J connectivity index is 0.898. The molecule has 0 unspecified atom stereocenters. The van der Waals surface area contributed by atoms with Gasteiger partial charge in [0, 0.05) is 66.0 Å². The summed E-state index contributed by atoms with van der Waals surface area (Å²) in [6, 6.07) is 82.5. The minimum atomic E-state index is -0.366. The van der Waals surface area contributed by atoms with Gasteiger partial charge in [0.1, 0.15) is 22.3 Å². The molecule has 0 N–H and O–H groups in total. The Kier molecular flexibility index (Phi) is 9.21. The predicted octanol–water partition coefficient (Wildman–Crippen LogP) is 20.9. The first-order chi connectivity index (χ1) is 38.0. The third-order valence-corrected chi connectivity index (χ3v) is 18.2. The number of furan rings is 2. The second-order valence-electron chi connectivity index (χ2n) is 23.5.